The number of aromatic nitrogens is 1. The third kappa shape index (κ3) is 9.38. The van der Waals surface area contributed by atoms with Crippen LogP contribution in [0.5, 0.6) is 11.5 Å². The van der Waals surface area contributed by atoms with E-state index in [2.05, 4.69) is 10.3 Å². The predicted octanol–water partition coefficient (Wildman–Crippen LogP) is 3.64. The molecule has 2 heterocycles. The van der Waals surface area contributed by atoms with Crippen molar-refractivity contribution >= 4 is 29.8 Å². The van der Waals surface area contributed by atoms with Crippen molar-refractivity contribution in [3.05, 3.63) is 89.7 Å². The molecule has 0 spiro atoms. The molecule has 0 radical (unpaired) electrons. The van der Waals surface area contributed by atoms with Crippen LogP contribution in [0.15, 0.2) is 72.9 Å². The molecule has 3 aromatic rings. The van der Waals surface area contributed by atoms with E-state index < -0.39 is 66.5 Å². The van der Waals surface area contributed by atoms with E-state index in [-0.39, 0.29) is 30.0 Å². The lowest BCUT2D eigenvalue weighted by atomic mass is 9.91. The predicted molar refractivity (Wildman–Crippen MR) is 167 cm³/mol. The van der Waals surface area contributed by atoms with E-state index in [0.29, 0.717) is 6.42 Å². The van der Waals surface area contributed by atoms with Gasteiger partial charge in [-0.1, -0.05) is 74.5 Å². The van der Waals surface area contributed by atoms with Crippen LogP contribution in [0.4, 0.5) is 0 Å². The van der Waals surface area contributed by atoms with Crippen LogP contribution < -0.4 is 14.8 Å². The van der Waals surface area contributed by atoms with Gasteiger partial charge in [0.1, 0.15) is 18.6 Å². The monoisotopic (exact) mass is 646 g/mol. The van der Waals surface area contributed by atoms with Crippen LogP contribution in [0, 0.1) is 11.8 Å². The smallest absolute Gasteiger partial charge is 0.332 e. The number of pyridine rings is 1. The van der Waals surface area contributed by atoms with Crippen molar-refractivity contribution in [2.45, 2.75) is 58.3 Å². The fraction of sp³-hybridized carbons (Fsp3) is 0.371. The van der Waals surface area contributed by atoms with Crippen LogP contribution in [-0.4, -0.2) is 66.7 Å². The van der Waals surface area contributed by atoms with E-state index in [9.17, 15) is 24.0 Å². The highest BCUT2D eigenvalue weighted by Gasteiger charge is 2.42. The molecule has 0 aliphatic carbocycles. The Morgan fingerprint density at radius 2 is 1.62 bits per heavy atom. The number of hydrogen-bond acceptors (Lipinski definition) is 11. The van der Waals surface area contributed by atoms with Gasteiger partial charge in [-0.2, -0.15) is 0 Å². The molecule has 0 saturated carbocycles. The molecule has 1 saturated heterocycles. The van der Waals surface area contributed by atoms with Gasteiger partial charge in [-0.25, -0.2) is 9.78 Å². The van der Waals surface area contributed by atoms with Gasteiger partial charge in [-0.15, -0.1) is 0 Å². The van der Waals surface area contributed by atoms with Crippen molar-refractivity contribution in [3.63, 3.8) is 0 Å². The number of aryl methyl sites for hydroxylation is 1. The van der Waals surface area contributed by atoms with Gasteiger partial charge in [0.05, 0.1) is 13.0 Å². The first-order valence-corrected chi connectivity index (χ1v) is 15.3. The van der Waals surface area contributed by atoms with Gasteiger partial charge in [0, 0.05) is 18.7 Å². The van der Waals surface area contributed by atoms with Gasteiger partial charge >= 0.3 is 23.9 Å². The minimum atomic E-state index is -1.47. The number of methoxy groups -OCH3 is 1. The molecular weight excluding hydrogens is 608 g/mol. The zero-order valence-electron chi connectivity index (χ0n) is 26.7. The van der Waals surface area contributed by atoms with Gasteiger partial charge in [-0.05, 0) is 30.9 Å². The Morgan fingerprint density at radius 1 is 0.957 bits per heavy atom. The molecular formula is C35H38N2O10. The molecule has 1 aromatic heterocycles. The number of carbonyl (C=O) groups is 5. The number of nitrogens with one attached hydrogen (secondary N) is 1. The summed E-state index contributed by atoms with van der Waals surface area (Å²) in [5.41, 5.74) is 1.36. The zero-order chi connectivity index (χ0) is 33.9. The Labute approximate surface area is 272 Å². The molecule has 2 unspecified atom stereocenters. The van der Waals surface area contributed by atoms with E-state index in [1.807, 2.05) is 48.5 Å². The third-order valence-electron chi connectivity index (χ3n) is 7.45. The molecule has 12 heteroatoms. The van der Waals surface area contributed by atoms with Gasteiger partial charge < -0.3 is 29.0 Å². The van der Waals surface area contributed by atoms with Crippen LogP contribution in [0.1, 0.15) is 48.8 Å². The SMILES string of the molecule is COc1ccnc(C(=O)NC2COC(=O)[C@H](Cc3ccccc3)C(OC(=O)C(C)C)[C@H](C)OC2=O)c1OC(=O)CCc1ccccc1. The van der Waals surface area contributed by atoms with Crippen molar-refractivity contribution in [2.75, 3.05) is 13.7 Å². The summed E-state index contributed by atoms with van der Waals surface area (Å²) in [5, 5.41) is 2.47. The lowest BCUT2D eigenvalue weighted by Crippen LogP contribution is -2.47. The number of rotatable bonds is 11. The summed E-state index contributed by atoms with van der Waals surface area (Å²) < 4.78 is 27.7. The van der Waals surface area contributed by atoms with Crippen LogP contribution >= 0.6 is 0 Å². The molecule has 4 atom stereocenters. The summed E-state index contributed by atoms with van der Waals surface area (Å²) in [6.07, 6.45) is -0.418. The highest BCUT2D eigenvalue weighted by Crippen LogP contribution is 2.30. The van der Waals surface area contributed by atoms with Gasteiger partial charge in [0.2, 0.25) is 5.75 Å². The number of cyclic esters (lactones) is 2. The summed E-state index contributed by atoms with van der Waals surface area (Å²) in [6, 6.07) is 18.3. The molecule has 1 amide bonds. The lowest BCUT2D eigenvalue weighted by Gasteiger charge is -2.29. The Kier molecular flexibility index (Phi) is 12.0. The number of esters is 4. The number of amides is 1. The molecule has 1 aliphatic rings. The molecule has 1 N–H and O–H groups in total. The Balaban J connectivity index is 1.54. The zero-order valence-corrected chi connectivity index (χ0v) is 26.7. The Morgan fingerprint density at radius 3 is 2.26 bits per heavy atom. The third-order valence-corrected chi connectivity index (χ3v) is 7.45. The molecule has 12 nitrogen and oxygen atoms in total. The topological polar surface area (TPSA) is 156 Å². The number of carbonyl (C=O) groups excluding carboxylic acids is 5. The van der Waals surface area contributed by atoms with Crippen molar-refractivity contribution < 1.29 is 47.7 Å². The summed E-state index contributed by atoms with van der Waals surface area (Å²) in [4.78, 5) is 69.8. The molecule has 2 aromatic carbocycles. The quantitative estimate of drug-likeness (QED) is 0.240. The standard InChI is InChI=1S/C35H38N2O10/c1-21(2)33(40)47-30-22(3)45-35(42)26(20-44-34(41)25(30)19-24-13-9-6-10-14-24)37-32(39)29-31(27(43-4)17-18-36-29)46-28(38)16-15-23-11-7-5-8-12-23/h5-14,17-18,21-22,25-26,30H,15-16,19-20H2,1-4H3,(H,37,39)/t22-,25+,26?,30?/m0/s1. The Bertz CT molecular complexity index is 1560. The normalized spacial score (nSPS) is 19.7. The lowest BCUT2D eigenvalue weighted by molar-refractivity contribution is -0.176. The van der Waals surface area contributed by atoms with Gasteiger partial charge in [0.25, 0.3) is 5.91 Å². The fourth-order valence-corrected chi connectivity index (χ4v) is 4.88. The van der Waals surface area contributed by atoms with Gasteiger partial charge in [0.15, 0.2) is 23.6 Å². The number of hydrogen-bond donors (Lipinski definition) is 1. The average Bonchev–Trinajstić information content (AvgIpc) is 3.10. The molecule has 47 heavy (non-hydrogen) atoms. The molecule has 0 bridgehead atoms. The van der Waals surface area contributed by atoms with Crippen LogP contribution in [-0.2, 0) is 46.2 Å². The first-order chi connectivity index (χ1) is 22.6. The molecule has 1 fully saturated rings. The summed E-state index contributed by atoms with van der Waals surface area (Å²) in [7, 11) is 1.34. The summed E-state index contributed by atoms with van der Waals surface area (Å²) in [5.74, 6) is -5.51. The van der Waals surface area contributed by atoms with Crippen molar-refractivity contribution in [3.8, 4) is 11.5 Å². The van der Waals surface area contributed by atoms with E-state index in [0.717, 1.165) is 11.1 Å². The van der Waals surface area contributed by atoms with E-state index >= 15 is 0 Å². The molecule has 1 aliphatic heterocycles. The minimum absolute atomic E-state index is 0.0125. The van der Waals surface area contributed by atoms with Crippen molar-refractivity contribution in [1.29, 1.82) is 0 Å². The summed E-state index contributed by atoms with van der Waals surface area (Å²) in [6.45, 7) is 4.21. The maximum absolute atomic E-state index is 13.5. The van der Waals surface area contributed by atoms with Crippen LogP contribution in [0.2, 0.25) is 0 Å². The Hall–Kier alpha value is -5.26. The van der Waals surface area contributed by atoms with Crippen LogP contribution in [0.3, 0.4) is 0 Å². The minimum Gasteiger partial charge on any atom is -0.493 e. The second-order valence-electron chi connectivity index (χ2n) is 11.3. The summed E-state index contributed by atoms with van der Waals surface area (Å²) >= 11 is 0. The first-order valence-electron chi connectivity index (χ1n) is 15.3. The highest BCUT2D eigenvalue weighted by molar-refractivity contribution is 5.99. The second kappa shape index (κ2) is 16.3. The molecule has 4 rings (SSSR count). The molecule has 248 valence electrons. The van der Waals surface area contributed by atoms with E-state index in [1.165, 1.54) is 26.3 Å². The number of ether oxygens (including phenoxy) is 5. The second-order valence-corrected chi connectivity index (χ2v) is 11.3. The largest absolute Gasteiger partial charge is 0.493 e. The van der Waals surface area contributed by atoms with E-state index in [1.54, 1.807) is 26.0 Å². The number of benzene rings is 2. The average molecular weight is 647 g/mol. The first kappa shape index (κ1) is 34.6. The van der Waals surface area contributed by atoms with E-state index in [4.69, 9.17) is 23.7 Å². The van der Waals surface area contributed by atoms with Gasteiger partial charge in [-0.3, -0.25) is 19.2 Å². The fourth-order valence-electron chi connectivity index (χ4n) is 4.88. The van der Waals surface area contributed by atoms with Crippen LogP contribution in [0.25, 0.3) is 0 Å². The highest BCUT2D eigenvalue weighted by atomic mass is 16.6. The van der Waals surface area contributed by atoms with Crippen molar-refractivity contribution in [2.24, 2.45) is 11.8 Å². The maximum Gasteiger partial charge on any atom is 0.332 e. The van der Waals surface area contributed by atoms with Crippen molar-refractivity contribution in [1.82, 2.24) is 10.3 Å². The maximum atomic E-state index is 13.5. The number of nitrogens with zero attached hydrogens (tertiary/aromatic N) is 1.